The van der Waals surface area contributed by atoms with Crippen LogP contribution >= 0.6 is 0 Å². The summed E-state index contributed by atoms with van der Waals surface area (Å²) in [6.07, 6.45) is 2.81. The van der Waals surface area contributed by atoms with E-state index in [0.717, 1.165) is 13.1 Å². The van der Waals surface area contributed by atoms with Gasteiger partial charge in [0, 0.05) is 6.54 Å². The van der Waals surface area contributed by atoms with Crippen LogP contribution in [0.15, 0.2) is 0 Å². The maximum Gasteiger partial charge on any atom is 0.233 e. The zero-order valence-electron chi connectivity index (χ0n) is 11.2. The van der Waals surface area contributed by atoms with Crippen molar-refractivity contribution >= 4 is 5.91 Å². The van der Waals surface area contributed by atoms with Crippen LogP contribution in [0.5, 0.6) is 0 Å². The number of carbonyl (C=O) groups excluding carboxylic acids is 1. The topological polar surface area (TPSA) is 68.2 Å². The highest BCUT2D eigenvalue weighted by Gasteiger charge is 2.17. The molecule has 1 heterocycles. The van der Waals surface area contributed by atoms with E-state index in [0.29, 0.717) is 25.4 Å². The maximum atomic E-state index is 11.4. The molecule has 5 nitrogen and oxygen atoms in total. The minimum absolute atomic E-state index is 0.0174. The SMILES string of the molecule is CCN1CCC(CNCC(=O)NCCC#N)CC1. The highest BCUT2D eigenvalue weighted by molar-refractivity contribution is 5.77. The Kier molecular flexibility index (Phi) is 7.38. The molecule has 1 fully saturated rings. The van der Waals surface area contributed by atoms with Gasteiger partial charge in [0.1, 0.15) is 0 Å². The van der Waals surface area contributed by atoms with Crippen LogP contribution in [0, 0.1) is 17.2 Å². The largest absolute Gasteiger partial charge is 0.354 e. The standard InChI is InChI=1S/C13H24N4O/c1-2-17-8-4-12(5-9-17)10-15-11-13(18)16-7-3-6-14/h12,15H,2-5,7-11H2,1H3,(H,16,18). The Morgan fingerprint density at radius 2 is 2.17 bits per heavy atom. The lowest BCUT2D eigenvalue weighted by Gasteiger charge is -2.31. The van der Waals surface area contributed by atoms with E-state index in [1.165, 1.54) is 25.9 Å². The fourth-order valence-electron chi connectivity index (χ4n) is 2.22. The molecule has 0 aromatic carbocycles. The molecule has 5 heteroatoms. The summed E-state index contributed by atoms with van der Waals surface area (Å²) in [6, 6.07) is 2.00. The lowest BCUT2D eigenvalue weighted by atomic mass is 9.97. The molecule has 0 saturated carbocycles. The highest BCUT2D eigenvalue weighted by atomic mass is 16.1. The molecule has 0 spiro atoms. The molecular formula is C13H24N4O. The van der Waals surface area contributed by atoms with Crippen molar-refractivity contribution in [3.63, 3.8) is 0 Å². The Hall–Kier alpha value is -1.12. The van der Waals surface area contributed by atoms with E-state index >= 15 is 0 Å². The van der Waals surface area contributed by atoms with Gasteiger partial charge in [0.15, 0.2) is 0 Å². The molecule has 0 atom stereocenters. The van der Waals surface area contributed by atoms with Crippen molar-refractivity contribution in [2.24, 2.45) is 5.92 Å². The Morgan fingerprint density at radius 1 is 1.44 bits per heavy atom. The molecule has 1 aliphatic rings. The molecule has 0 bridgehead atoms. The van der Waals surface area contributed by atoms with Gasteiger partial charge in [0.05, 0.1) is 19.0 Å². The summed E-state index contributed by atoms with van der Waals surface area (Å²) in [5.74, 6) is 0.677. The zero-order valence-corrected chi connectivity index (χ0v) is 11.2. The van der Waals surface area contributed by atoms with Crippen LogP contribution in [-0.4, -0.2) is 50.1 Å². The third kappa shape index (κ3) is 5.99. The molecule has 2 N–H and O–H groups in total. The van der Waals surface area contributed by atoms with Crippen molar-refractivity contribution in [2.45, 2.75) is 26.2 Å². The fraction of sp³-hybridized carbons (Fsp3) is 0.846. The van der Waals surface area contributed by atoms with E-state index in [4.69, 9.17) is 5.26 Å². The van der Waals surface area contributed by atoms with E-state index < -0.39 is 0 Å². The summed E-state index contributed by atoms with van der Waals surface area (Å²) < 4.78 is 0. The number of nitrogens with zero attached hydrogens (tertiary/aromatic N) is 2. The number of likely N-dealkylation sites (tertiary alicyclic amines) is 1. The summed E-state index contributed by atoms with van der Waals surface area (Å²) in [5, 5.41) is 14.3. The van der Waals surface area contributed by atoms with Crippen LogP contribution in [0.3, 0.4) is 0 Å². The van der Waals surface area contributed by atoms with E-state index in [9.17, 15) is 4.79 Å². The third-order valence-corrected chi connectivity index (χ3v) is 3.43. The summed E-state index contributed by atoms with van der Waals surface area (Å²) in [4.78, 5) is 13.8. The second-order valence-corrected chi connectivity index (χ2v) is 4.77. The van der Waals surface area contributed by atoms with Crippen molar-refractivity contribution in [1.29, 1.82) is 5.26 Å². The van der Waals surface area contributed by atoms with Crippen LogP contribution in [0.4, 0.5) is 0 Å². The molecule has 1 amide bonds. The van der Waals surface area contributed by atoms with Crippen LogP contribution in [0.1, 0.15) is 26.2 Å². The number of piperidine rings is 1. The van der Waals surface area contributed by atoms with Gasteiger partial charge in [0.25, 0.3) is 0 Å². The normalized spacial score (nSPS) is 17.3. The number of hydrogen-bond acceptors (Lipinski definition) is 4. The first-order chi connectivity index (χ1) is 8.76. The monoisotopic (exact) mass is 252 g/mol. The second-order valence-electron chi connectivity index (χ2n) is 4.77. The van der Waals surface area contributed by atoms with Gasteiger partial charge in [-0.05, 0) is 44.9 Å². The van der Waals surface area contributed by atoms with E-state index in [1.54, 1.807) is 0 Å². The molecule has 0 aromatic heterocycles. The molecular weight excluding hydrogens is 228 g/mol. The smallest absolute Gasteiger partial charge is 0.233 e. The van der Waals surface area contributed by atoms with Gasteiger partial charge in [-0.1, -0.05) is 6.92 Å². The molecule has 1 rings (SSSR count). The lowest BCUT2D eigenvalue weighted by Crippen LogP contribution is -2.40. The first kappa shape index (κ1) is 14.9. The Balaban J connectivity index is 2.01. The first-order valence-electron chi connectivity index (χ1n) is 6.83. The van der Waals surface area contributed by atoms with Gasteiger partial charge in [-0.2, -0.15) is 5.26 Å². The number of rotatable bonds is 7. The molecule has 1 aliphatic heterocycles. The molecule has 102 valence electrons. The molecule has 0 unspecified atom stereocenters. The Bertz CT molecular complexity index is 279. The van der Waals surface area contributed by atoms with Crippen molar-refractivity contribution in [2.75, 3.05) is 39.3 Å². The Labute approximate surface area is 110 Å². The van der Waals surface area contributed by atoms with Gasteiger partial charge >= 0.3 is 0 Å². The van der Waals surface area contributed by atoms with Crippen LogP contribution in [0.25, 0.3) is 0 Å². The van der Waals surface area contributed by atoms with Gasteiger partial charge in [0.2, 0.25) is 5.91 Å². The molecule has 0 aliphatic carbocycles. The summed E-state index contributed by atoms with van der Waals surface area (Å²) in [6.45, 7) is 7.43. The fourth-order valence-corrected chi connectivity index (χ4v) is 2.22. The quantitative estimate of drug-likeness (QED) is 0.641. The van der Waals surface area contributed by atoms with E-state index in [1.807, 2.05) is 6.07 Å². The second kappa shape index (κ2) is 8.90. The highest BCUT2D eigenvalue weighted by Crippen LogP contribution is 2.15. The van der Waals surface area contributed by atoms with Crippen molar-refractivity contribution in [3.8, 4) is 6.07 Å². The molecule has 0 radical (unpaired) electrons. The van der Waals surface area contributed by atoms with Crippen molar-refractivity contribution in [3.05, 3.63) is 0 Å². The molecule has 0 aromatic rings. The van der Waals surface area contributed by atoms with Crippen LogP contribution in [0.2, 0.25) is 0 Å². The minimum Gasteiger partial charge on any atom is -0.354 e. The van der Waals surface area contributed by atoms with E-state index in [2.05, 4.69) is 22.5 Å². The summed E-state index contributed by atoms with van der Waals surface area (Å²) in [5.41, 5.74) is 0. The number of nitrogens with one attached hydrogen (secondary N) is 2. The number of nitriles is 1. The number of carbonyl (C=O) groups is 1. The minimum atomic E-state index is -0.0174. The van der Waals surface area contributed by atoms with Crippen LogP contribution < -0.4 is 10.6 Å². The van der Waals surface area contributed by atoms with Crippen molar-refractivity contribution < 1.29 is 4.79 Å². The predicted octanol–water partition coefficient (Wildman–Crippen LogP) is 0.338. The Morgan fingerprint density at radius 3 is 2.78 bits per heavy atom. The van der Waals surface area contributed by atoms with Gasteiger partial charge in [-0.15, -0.1) is 0 Å². The average molecular weight is 252 g/mol. The summed E-state index contributed by atoms with van der Waals surface area (Å²) in [7, 11) is 0. The number of amides is 1. The van der Waals surface area contributed by atoms with Gasteiger partial charge < -0.3 is 15.5 Å². The van der Waals surface area contributed by atoms with Crippen molar-refractivity contribution in [1.82, 2.24) is 15.5 Å². The maximum absolute atomic E-state index is 11.4. The van der Waals surface area contributed by atoms with Gasteiger partial charge in [-0.25, -0.2) is 0 Å². The average Bonchev–Trinajstić information content (AvgIpc) is 2.40. The zero-order chi connectivity index (χ0) is 13.2. The molecule has 1 saturated heterocycles. The van der Waals surface area contributed by atoms with E-state index in [-0.39, 0.29) is 5.91 Å². The first-order valence-corrected chi connectivity index (χ1v) is 6.83. The predicted molar refractivity (Wildman–Crippen MR) is 70.9 cm³/mol. The third-order valence-electron chi connectivity index (χ3n) is 3.43. The van der Waals surface area contributed by atoms with Crippen LogP contribution in [-0.2, 0) is 4.79 Å². The van der Waals surface area contributed by atoms with Gasteiger partial charge in [-0.3, -0.25) is 4.79 Å². The summed E-state index contributed by atoms with van der Waals surface area (Å²) >= 11 is 0. The lowest BCUT2D eigenvalue weighted by molar-refractivity contribution is -0.120. The molecule has 18 heavy (non-hydrogen) atoms. The number of hydrogen-bond donors (Lipinski definition) is 2.